The van der Waals surface area contributed by atoms with Gasteiger partial charge in [-0.2, -0.15) is 0 Å². The van der Waals surface area contributed by atoms with E-state index in [1.165, 1.54) is 66.7 Å². The molecule has 0 saturated heterocycles. The van der Waals surface area contributed by atoms with Crippen LogP contribution in [0.25, 0.3) is 0 Å². The first-order valence-corrected chi connectivity index (χ1v) is 15.2. The van der Waals surface area contributed by atoms with E-state index in [1.807, 2.05) is 6.92 Å². The Morgan fingerprint density at radius 3 is 1.87 bits per heavy atom. The van der Waals surface area contributed by atoms with E-state index in [9.17, 15) is 21.6 Å². The largest absolute Gasteiger partial charge is 0.322 e. The van der Waals surface area contributed by atoms with Crippen molar-refractivity contribution in [2.45, 2.75) is 16.7 Å². The van der Waals surface area contributed by atoms with Gasteiger partial charge in [0.05, 0.1) is 36.1 Å². The van der Waals surface area contributed by atoms with Gasteiger partial charge in [-0.05, 0) is 73.7 Å². The second-order valence-electron chi connectivity index (χ2n) is 8.30. The number of amides is 1. The summed E-state index contributed by atoms with van der Waals surface area (Å²) < 4.78 is 55.8. The zero-order valence-corrected chi connectivity index (χ0v) is 24.0. The molecule has 0 aromatic heterocycles. The molecule has 0 atom stereocenters. The number of rotatable bonds is 8. The van der Waals surface area contributed by atoms with Crippen molar-refractivity contribution in [2.75, 3.05) is 14.8 Å². The lowest BCUT2D eigenvalue weighted by atomic mass is 10.2. The summed E-state index contributed by atoms with van der Waals surface area (Å²) in [6.07, 6.45) is 0. The lowest BCUT2D eigenvalue weighted by molar-refractivity contribution is 0.102. The average Bonchev–Trinajstić information content (AvgIpc) is 2.88. The third kappa shape index (κ3) is 6.84. The van der Waals surface area contributed by atoms with E-state index in [-0.39, 0.29) is 47.5 Å². The Balaban J connectivity index is 1.49. The molecule has 202 valence electrons. The van der Waals surface area contributed by atoms with Crippen LogP contribution in [0, 0.1) is 6.92 Å². The van der Waals surface area contributed by atoms with Crippen molar-refractivity contribution in [3.63, 3.8) is 0 Å². The summed E-state index contributed by atoms with van der Waals surface area (Å²) in [5.74, 6) is -0.629. The Kier molecular flexibility index (Phi) is 8.43. The zero-order valence-electron chi connectivity index (χ0n) is 20.1. The van der Waals surface area contributed by atoms with E-state index in [0.29, 0.717) is 0 Å². The number of halogens is 3. The molecule has 0 fully saturated rings. The van der Waals surface area contributed by atoms with Crippen LogP contribution in [0.2, 0.25) is 15.1 Å². The third-order valence-corrected chi connectivity index (χ3v) is 9.34. The molecule has 0 spiro atoms. The molecule has 4 rings (SSSR count). The van der Waals surface area contributed by atoms with Gasteiger partial charge in [0.1, 0.15) is 0 Å². The van der Waals surface area contributed by atoms with Crippen molar-refractivity contribution in [3.8, 4) is 0 Å². The number of carbonyl (C=O) groups is 1. The van der Waals surface area contributed by atoms with E-state index in [4.69, 9.17) is 34.8 Å². The second kappa shape index (κ2) is 11.4. The minimum Gasteiger partial charge on any atom is -0.322 e. The van der Waals surface area contributed by atoms with E-state index < -0.39 is 26.0 Å². The summed E-state index contributed by atoms with van der Waals surface area (Å²) in [6, 6.07) is 20.4. The molecule has 0 saturated carbocycles. The number of benzene rings is 4. The fraction of sp³-hybridized carbons (Fsp3) is 0.0385. The van der Waals surface area contributed by atoms with Crippen LogP contribution in [0.4, 0.5) is 17.1 Å². The molecule has 0 radical (unpaired) electrons. The van der Waals surface area contributed by atoms with Crippen molar-refractivity contribution in [2.24, 2.45) is 0 Å². The average molecular weight is 625 g/mol. The highest BCUT2D eigenvalue weighted by Crippen LogP contribution is 2.31. The lowest BCUT2D eigenvalue weighted by Gasteiger charge is -2.12. The number of hydrogen-bond acceptors (Lipinski definition) is 5. The number of aryl methyl sites for hydroxylation is 1. The summed E-state index contributed by atoms with van der Waals surface area (Å²) in [7, 11) is -7.89. The van der Waals surface area contributed by atoms with Crippen LogP contribution in [0.5, 0.6) is 0 Å². The molecule has 3 N–H and O–H groups in total. The maximum absolute atomic E-state index is 12.9. The zero-order chi connectivity index (χ0) is 28.4. The van der Waals surface area contributed by atoms with Gasteiger partial charge in [0.15, 0.2) is 0 Å². The van der Waals surface area contributed by atoms with Crippen molar-refractivity contribution in [1.29, 1.82) is 0 Å². The molecule has 8 nitrogen and oxygen atoms in total. The fourth-order valence-electron chi connectivity index (χ4n) is 3.40. The Hall–Kier alpha value is -3.28. The van der Waals surface area contributed by atoms with Crippen molar-refractivity contribution in [3.05, 3.63) is 111 Å². The molecule has 4 aromatic carbocycles. The van der Waals surface area contributed by atoms with Gasteiger partial charge in [-0.25, -0.2) is 16.8 Å². The minimum absolute atomic E-state index is 0.00901. The fourth-order valence-corrected chi connectivity index (χ4v) is 6.12. The van der Waals surface area contributed by atoms with Gasteiger partial charge in [0.2, 0.25) is 0 Å². The quantitative estimate of drug-likeness (QED) is 0.199. The number of nitrogens with one attached hydrogen (secondary N) is 3. The van der Waals surface area contributed by atoms with Crippen molar-refractivity contribution < 1.29 is 21.6 Å². The predicted molar refractivity (Wildman–Crippen MR) is 155 cm³/mol. The summed E-state index contributed by atoms with van der Waals surface area (Å²) in [5.41, 5.74) is 1.45. The first kappa shape index (κ1) is 28.7. The summed E-state index contributed by atoms with van der Waals surface area (Å²) >= 11 is 18.2. The molecule has 0 bridgehead atoms. The van der Waals surface area contributed by atoms with Crippen LogP contribution in [-0.2, 0) is 20.0 Å². The summed E-state index contributed by atoms with van der Waals surface area (Å²) in [4.78, 5) is 12.9. The second-order valence-corrected chi connectivity index (χ2v) is 12.9. The highest BCUT2D eigenvalue weighted by Gasteiger charge is 2.19. The number of carbonyl (C=O) groups excluding carboxylic acids is 1. The maximum atomic E-state index is 12.9. The Morgan fingerprint density at radius 2 is 1.23 bits per heavy atom. The van der Waals surface area contributed by atoms with Crippen LogP contribution in [0.15, 0.2) is 94.7 Å². The Bertz CT molecular complexity index is 1760. The van der Waals surface area contributed by atoms with Gasteiger partial charge in [-0.15, -0.1) is 0 Å². The summed E-state index contributed by atoms with van der Waals surface area (Å²) in [6.45, 7) is 1.84. The number of anilines is 3. The van der Waals surface area contributed by atoms with Gasteiger partial charge in [0.25, 0.3) is 26.0 Å². The van der Waals surface area contributed by atoms with Crippen LogP contribution in [-0.4, -0.2) is 22.7 Å². The SMILES string of the molecule is Cc1ccc(S(=O)(=O)Nc2ccc(Cl)c(C(=O)Nc3ccc(S(=O)(=O)Nc4cccc(Cl)c4Cl)cc3)c2)cc1. The minimum atomic E-state index is -4.00. The molecule has 0 aliphatic heterocycles. The molecule has 39 heavy (non-hydrogen) atoms. The molecule has 1 amide bonds. The molecular formula is C26H20Cl3N3O5S2. The molecule has 0 heterocycles. The highest BCUT2D eigenvalue weighted by atomic mass is 35.5. The maximum Gasteiger partial charge on any atom is 0.261 e. The van der Waals surface area contributed by atoms with Crippen LogP contribution >= 0.6 is 34.8 Å². The summed E-state index contributed by atoms with van der Waals surface area (Å²) in [5, 5.41) is 2.96. The van der Waals surface area contributed by atoms with Gasteiger partial charge in [0, 0.05) is 11.4 Å². The van der Waals surface area contributed by atoms with E-state index in [0.717, 1.165) is 5.56 Å². The molecule has 0 aliphatic rings. The standard InChI is InChI=1S/C26H20Cl3N3O5S2/c1-16-5-10-19(11-6-16)38(34,35)31-18-9-14-22(27)21(15-18)26(33)30-17-7-12-20(13-8-17)39(36,37)32-24-4-2-3-23(28)25(24)29/h2-15,31-32H,1H3,(H,30,33). The molecule has 13 heteroatoms. The third-order valence-electron chi connectivity index (χ3n) is 5.41. The van der Waals surface area contributed by atoms with E-state index in [1.54, 1.807) is 18.2 Å². The molecule has 0 unspecified atom stereocenters. The highest BCUT2D eigenvalue weighted by molar-refractivity contribution is 7.93. The first-order chi connectivity index (χ1) is 18.4. The predicted octanol–water partition coefficient (Wildman–Crippen LogP) is 6.81. The first-order valence-electron chi connectivity index (χ1n) is 11.1. The number of hydrogen-bond donors (Lipinski definition) is 3. The van der Waals surface area contributed by atoms with Gasteiger partial charge in [-0.1, -0.05) is 58.6 Å². The van der Waals surface area contributed by atoms with Crippen molar-refractivity contribution >= 4 is 77.8 Å². The lowest BCUT2D eigenvalue weighted by Crippen LogP contribution is -2.16. The number of sulfonamides is 2. The normalized spacial score (nSPS) is 11.6. The van der Waals surface area contributed by atoms with Gasteiger partial charge in [-0.3, -0.25) is 14.2 Å². The van der Waals surface area contributed by atoms with Crippen LogP contribution in [0.3, 0.4) is 0 Å². The monoisotopic (exact) mass is 623 g/mol. The van der Waals surface area contributed by atoms with Gasteiger partial charge < -0.3 is 5.32 Å². The smallest absolute Gasteiger partial charge is 0.261 e. The topological polar surface area (TPSA) is 121 Å². The Morgan fingerprint density at radius 1 is 0.667 bits per heavy atom. The Labute approximate surface area is 241 Å². The van der Waals surface area contributed by atoms with E-state index in [2.05, 4.69) is 14.8 Å². The molecular weight excluding hydrogens is 605 g/mol. The van der Waals surface area contributed by atoms with Crippen LogP contribution < -0.4 is 14.8 Å². The van der Waals surface area contributed by atoms with Crippen molar-refractivity contribution in [1.82, 2.24) is 0 Å². The van der Waals surface area contributed by atoms with Gasteiger partial charge >= 0.3 is 0 Å². The molecule has 0 aliphatic carbocycles. The molecule has 4 aromatic rings. The van der Waals surface area contributed by atoms with Crippen LogP contribution in [0.1, 0.15) is 15.9 Å². The van der Waals surface area contributed by atoms with E-state index >= 15 is 0 Å².